The van der Waals surface area contributed by atoms with E-state index in [1.807, 2.05) is 0 Å². The molecule has 0 aromatic heterocycles. The SMILES string of the molecule is CCCCCCCCCCCCOOOCCOCC(C)NC(=O)[C@@H](O)[C@H](O)[C@H](O)COC1O[C@H](CO)[C@@H](O)[C@H](O)[C@H]1O. The van der Waals surface area contributed by atoms with Crippen molar-refractivity contribution in [1.29, 1.82) is 0 Å². The van der Waals surface area contributed by atoms with Crippen LogP contribution in [0, 0.1) is 0 Å². The summed E-state index contributed by atoms with van der Waals surface area (Å²) in [5.41, 5.74) is 0. The minimum Gasteiger partial charge on any atom is -0.394 e. The third-order valence-corrected chi connectivity index (χ3v) is 7.01. The predicted molar refractivity (Wildman–Crippen MR) is 151 cm³/mol. The van der Waals surface area contributed by atoms with E-state index in [1.165, 1.54) is 51.4 Å². The number of aliphatic hydroxyl groups excluding tert-OH is 7. The second kappa shape index (κ2) is 24.2. The summed E-state index contributed by atoms with van der Waals surface area (Å²) < 4.78 is 15.6. The van der Waals surface area contributed by atoms with Crippen molar-refractivity contribution in [2.45, 2.75) is 133 Å². The maximum atomic E-state index is 12.3. The maximum absolute atomic E-state index is 12.3. The van der Waals surface area contributed by atoms with Crippen molar-refractivity contribution in [3.05, 3.63) is 0 Å². The molecule has 1 aliphatic rings. The normalized spacial score (nSPS) is 25.3. The second-order valence-electron chi connectivity index (χ2n) is 10.9. The van der Waals surface area contributed by atoms with Crippen LogP contribution in [0.3, 0.4) is 0 Å². The second-order valence-corrected chi connectivity index (χ2v) is 10.9. The molecule has 0 aromatic rings. The molecule has 1 heterocycles. The van der Waals surface area contributed by atoms with Crippen molar-refractivity contribution in [2.24, 2.45) is 0 Å². The first-order valence-corrected chi connectivity index (χ1v) is 15.4. The molecule has 0 bridgehead atoms. The van der Waals surface area contributed by atoms with Crippen molar-refractivity contribution < 1.29 is 69.6 Å². The Morgan fingerprint density at radius 2 is 1.42 bits per heavy atom. The fourth-order valence-corrected chi connectivity index (χ4v) is 4.34. The summed E-state index contributed by atoms with van der Waals surface area (Å²) in [5, 5.41) is 76.2. The van der Waals surface area contributed by atoms with Gasteiger partial charge in [0.2, 0.25) is 0 Å². The average Bonchev–Trinajstić information content (AvgIpc) is 3.00. The summed E-state index contributed by atoms with van der Waals surface area (Å²) in [7, 11) is 0. The van der Waals surface area contributed by atoms with Crippen molar-refractivity contribution >= 4 is 5.91 Å². The smallest absolute Gasteiger partial charge is 0.251 e. The zero-order chi connectivity index (χ0) is 32.0. The summed E-state index contributed by atoms with van der Waals surface area (Å²) in [6, 6.07) is -0.564. The van der Waals surface area contributed by atoms with Gasteiger partial charge < -0.3 is 55.3 Å². The van der Waals surface area contributed by atoms with Gasteiger partial charge in [-0.15, -0.1) is 0 Å². The average molecular weight is 630 g/mol. The molecule has 15 nitrogen and oxygen atoms in total. The molecule has 0 aliphatic carbocycles. The maximum Gasteiger partial charge on any atom is 0.251 e. The Labute approximate surface area is 253 Å². The number of hydrogen-bond donors (Lipinski definition) is 8. The molecule has 0 radical (unpaired) electrons. The highest BCUT2D eigenvalue weighted by Gasteiger charge is 2.44. The molecule has 256 valence electrons. The van der Waals surface area contributed by atoms with Crippen LogP contribution in [-0.4, -0.2) is 136 Å². The van der Waals surface area contributed by atoms with Crippen LogP contribution in [0.4, 0.5) is 0 Å². The van der Waals surface area contributed by atoms with Crippen LogP contribution < -0.4 is 5.32 Å². The van der Waals surface area contributed by atoms with E-state index in [0.29, 0.717) is 6.61 Å². The molecule has 15 heteroatoms. The number of ether oxygens (including phenoxy) is 3. The van der Waals surface area contributed by atoms with Gasteiger partial charge in [-0.05, 0) is 13.3 Å². The van der Waals surface area contributed by atoms with Crippen LogP contribution in [-0.2, 0) is 33.8 Å². The molecule has 1 rings (SSSR count). The van der Waals surface area contributed by atoms with Gasteiger partial charge in [0.25, 0.3) is 5.91 Å². The summed E-state index contributed by atoms with van der Waals surface area (Å²) in [6.45, 7) is 3.15. The van der Waals surface area contributed by atoms with E-state index in [0.717, 1.165) is 12.8 Å². The zero-order valence-electron chi connectivity index (χ0n) is 25.5. The van der Waals surface area contributed by atoms with Crippen molar-refractivity contribution in [3.63, 3.8) is 0 Å². The van der Waals surface area contributed by atoms with E-state index >= 15 is 0 Å². The summed E-state index contributed by atoms with van der Waals surface area (Å²) in [5.74, 6) is -0.976. The Bertz CT molecular complexity index is 690. The van der Waals surface area contributed by atoms with E-state index in [9.17, 15) is 40.5 Å². The van der Waals surface area contributed by atoms with Crippen molar-refractivity contribution in [2.75, 3.05) is 39.6 Å². The molecule has 0 aromatic carbocycles. The lowest BCUT2D eigenvalue weighted by Crippen LogP contribution is -2.59. The van der Waals surface area contributed by atoms with E-state index < -0.39 is 74.2 Å². The molecule has 0 spiro atoms. The molecule has 1 aliphatic heterocycles. The highest BCUT2D eigenvalue weighted by Crippen LogP contribution is 2.22. The van der Waals surface area contributed by atoms with Crippen molar-refractivity contribution in [1.82, 2.24) is 5.32 Å². The number of carbonyl (C=O) groups excluding carboxylic acids is 1. The van der Waals surface area contributed by atoms with Gasteiger partial charge in [-0.3, -0.25) is 4.79 Å². The standard InChI is InChI=1S/C28H55NO14/c1-3-4-5-6-7-8-9-10-11-12-13-40-43-41-15-14-38-17-19(2)29-27(37)25(35)22(32)20(31)18-39-28-26(36)24(34)23(33)21(16-30)42-28/h19-26,28,30-36H,3-18H2,1-2H3,(H,29,37)/t19?,20-,21-,22-,23-,24+,25+,26-,28?/m1/s1. The van der Waals surface area contributed by atoms with Gasteiger partial charge in [-0.25, -0.2) is 9.78 Å². The number of hydrogen-bond acceptors (Lipinski definition) is 14. The largest absolute Gasteiger partial charge is 0.394 e. The molecule has 43 heavy (non-hydrogen) atoms. The summed E-state index contributed by atoms with van der Waals surface area (Å²) in [4.78, 5) is 22.1. The van der Waals surface area contributed by atoms with Gasteiger partial charge in [-0.1, -0.05) is 69.7 Å². The van der Waals surface area contributed by atoms with Crippen LogP contribution in [0.15, 0.2) is 0 Å². The predicted octanol–water partition coefficient (Wildman–Crippen LogP) is -0.792. The van der Waals surface area contributed by atoms with Crippen LogP contribution in [0.25, 0.3) is 0 Å². The van der Waals surface area contributed by atoms with E-state index in [1.54, 1.807) is 6.92 Å². The van der Waals surface area contributed by atoms with Gasteiger partial charge in [0.15, 0.2) is 12.4 Å². The number of aliphatic hydroxyl groups is 7. The first-order valence-electron chi connectivity index (χ1n) is 15.4. The Morgan fingerprint density at radius 1 is 0.814 bits per heavy atom. The first kappa shape index (κ1) is 40.0. The van der Waals surface area contributed by atoms with E-state index in [4.69, 9.17) is 24.0 Å². The minimum atomic E-state index is -2.03. The summed E-state index contributed by atoms with van der Waals surface area (Å²) in [6.07, 6.45) is -1.32. The third kappa shape index (κ3) is 16.7. The number of unbranched alkanes of at least 4 members (excludes halogenated alkanes) is 9. The molecule has 1 fully saturated rings. The molecular formula is C28H55NO14. The third-order valence-electron chi connectivity index (χ3n) is 7.01. The molecule has 9 atom stereocenters. The van der Waals surface area contributed by atoms with Gasteiger partial charge in [0, 0.05) is 6.04 Å². The van der Waals surface area contributed by atoms with Crippen LogP contribution in [0.1, 0.15) is 78.1 Å². The van der Waals surface area contributed by atoms with Crippen LogP contribution >= 0.6 is 0 Å². The number of nitrogens with one attached hydrogen (secondary N) is 1. The highest BCUT2D eigenvalue weighted by molar-refractivity contribution is 5.81. The van der Waals surface area contributed by atoms with E-state index in [-0.39, 0.29) is 19.8 Å². The molecular weight excluding hydrogens is 574 g/mol. The monoisotopic (exact) mass is 629 g/mol. The lowest BCUT2D eigenvalue weighted by atomic mass is 9.99. The van der Waals surface area contributed by atoms with Gasteiger partial charge >= 0.3 is 0 Å². The van der Waals surface area contributed by atoms with Gasteiger partial charge in [0.05, 0.1) is 33.0 Å². The zero-order valence-corrected chi connectivity index (χ0v) is 25.5. The van der Waals surface area contributed by atoms with Gasteiger partial charge in [-0.2, -0.15) is 0 Å². The van der Waals surface area contributed by atoms with Crippen LogP contribution in [0.2, 0.25) is 0 Å². The Balaban J connectivity index is 2.08. The number of rotatable bonds is 26. The molecule has 1 saturated heterocycles. The summed E-state index contributed by atoms with van der Waals surface area (Å²) >= 11 is 0. The number of carbonyl (C=O) groups is 1. The van der Waals surface area contributed by atoms with Crippen LogP contribution in [0.5, 0.6) is 0 Å². The Hall–Kier alpha value is -1.05. The highest BCUT2D eigenvalue weighted by atomic mass is 17.5. The minimum absolute atomic E-state index is 0.0557. The lowest BCUT2D eigenvalue weighted by Gasteiger charge is -2.40. The Kier molecular flexibility index (Phi) is 22.5. The molecule has 1 amide bonds. The number of amides is 1. The molecule has 2 unspecified atom stereocenters. The molecule has 0 saturated carbocycles. The molecule has 8 N–H and O–H groups in total. The Morgan fingerprint density at radius 3 is 2.05 bits per heavy atom. The van der Waals surface area contributed by atoms with Gasteiger partial charge in [0.1, 0.15) is 43.2 Å². The quantitative estimate of drug-likeness (QED) is 0.0333. The first-order chi connectivity index (χ1) is 20.6. The fraction of sp³-hybridized carbons (Fsp3) is 0.964. The van der Waals surface area contributed by atoms with Crippen molar-refractivity contribution in [3.8, 4) is 0 Å². The topological polar surface area (TPSA) is 226 Å². The lowest BCUT2D eigenvalue weighted by molar-refractivity contribution is -0.513. The van der Waals surface area contributed by atoms with E-state index in [2.05, 4.69) is 17.3 Å². The fourth-order valence-electron chi connectivity index (χ4n) is 4.34.